The lowest BCUT2D eigenvalue weighted by atomic mass is 9.97. The van der Waals surface area contributed by atoms with Crippen molar-refractivity contribution in [3.8, 4) is 23.3 Å². The van der Waals surface area contributed by atoms with Crippen molar-refractivity contribution in [2.24, 2.45) is 0 Å². The van der Waals surface area contributed by atoms with Crippen LogP contribution in [0.2, 0.25) is 0 Å². The summed E-state index contributed by atoms with van der Waals surface area (Å²) in [5, 5.41) is 19.5. The predicted octanol–water partition coefficient (Wildman–Crippen LogP) is 3.44. The molecule has 1 aromatic carbocycles. The lowest BCUT2D eigenvalue weighted by Crippen LogP contribution is -2.07. The summed E-state index contributed by atoms with van der Waals surface area (Å²) in [6, 6.07) is 18.3. The maximum Gasteiger partial charge on any atom is 0.191 e. The van der Waals surface area contributed by atoms with E-state index >= 15 is 0 Å². The van der Waals surface area contributed by atoms with Crippen LogP contribution in [0.25, 0.3) is 11.1 Å². The van der Waals surface area contributed by atoms with Crippen molar-refractivity contribution < 1.29 is 4.79 Å². The Morgan fingerprint density at radius 3 is 2.37 bits per heavy atom. The first-order valence-electron chi connectivity index (χ1n) is 7.91. The van der Waals surface area contributed by atoms with Crippen molar-refractivity contribution in [2.75, 3.05) is 11.5 Å². The lowest BCUT2D eigenvalue weighted by molar-refractivity contribution is 0.101. The van der Waals surface area contributed by atoms with Crippen LogP contribution in [0.1, 0.15) is 21.6 Å². The molecule has 0 amide bonds. The second-order valence-corrected chi connectivity index (χ2v) is 6.41. The van der Waals surface area contributed by atoms with Crippen LogP contribution in [-0.4, -0.2) is 21.5 Å². The summed E-state index contributed by atoms with van der Waals surface area (Å²) in [6.07, 6.45) is 1.55. The van der Waals surface area contributed by atoms with Gasteiger partial charge < -0.3 is 5.73 Å². The SMILES string of the molecule is N#Cc1c(N)nc(SCC(=O)c2ccccn2)c(C#N)c1-c1ccccc1. The van der Waals surface area contributed by atoms with Gasteiger partial charge in [-0.25, -0.2) is 4.98 Å². The molecule has 0 atom stereocenters. The highest BCUT2D eigenvalue weighted by atomic mass is 32.2. The summed E-state index contributed by atoms with van der Waals surface area (Å²) in [6.45, 7) is 0. The molecule has 2 aromatic heterocycles. The van der Waals surface area contributed by atoms with Crippen LogP contribution < -0.4 is 5.73 Å². The zero-order valence-electron chi connectivity index (χ0n) is 14.1. The van der Waals surface area contributed by atoms with E-state index in [1.807, 2.05) is 24.3 Å². The van der Waals surface area contributed by atoms with E-state index in [4.69, 9.17) is 5.73 Å². The van der Waals surface area contributed by atoms with Gasteiger partial charge >= 0.3 is 0 Å². The molecule has 3 aromatic rings. The summed E-state index contributed by atoms with van der Waals surface area (Å²) in [5.41, 5.74) is 7.80. The van der Waals surface area contributed by atoms with Crippen LogP contribution in [0.4, 0.5) is 5.82 Å². The van der Waals surface area contributed by atoms with Gasteiger partial charge in [0.2, 0.25) is 0 Å². The summed E-state index contributed by atoms with van der Waals surface area (Å²) in [4.78, 5) is 20.5. The summed E-state index contributed by atoms with van der Waals surface area (Å²) in [7, 11) is 0. The number of ketones is 1. The van der Waals surface area contributed by atoms with Crippen LogP contribution in [-0.2, 0) is 0 Å². The fraction of sp³-hybridized carbons (Fsp3) is 0.0500. The molecule has 2 heterocycles. The summed E-state index contributed by atoms with van der Waals surface area (Å²) >= 11 is 1.10. The Bertz CT molecular complexity index is 1070. The zero-order chi connectivity index (χ0) is 19.2. The van der Waals surface area contributed by atoms with Crippen LogP contribution in [0.15, 0.2) is 59.8 Å². The van der Waals surface area contributed by atoms with E-state index in [0.29, 0.717) is 21.8 Å². The molecule has 7 heteroatoms. The lowest BCUT2D eigenvalue weighted by Gasteiger charge is -2.12. The molecule has 0 aliphatic carbocycles. The highest BCUT2D eigenvalue weighted by Gasteiger charge is 2.21. The molecule has 0 unspecified atom stereocenters. The van der Waals surface area contributed by atoms with E-state index in [2.05, 4.69) is 16.0 Å². The number of carbonyl (C=O) groups excluding carboxylic acids is 1. The average Bonchev–Trinajstić information content (AvgIpc) is 2.72. The number of carbonyl (C=O) groups is 1. The number of aromatic nitrogens is 2. The Morgan fingerprint density at radius 2 is 1.74 bits per heavy atom. The summed E-state index contributed by atoms with van der Waals surface area (Å²) in [5.74, 6) is -0.100. The van der Waals surface area contributed by atoms with Gasteiger partial charge in [-0.05, 0) is 17.7 Å². The molecule has 0 fully saturated rings. The molecule has 0 bridgehead atoms. The monoisotopic (exact) mass is 371 g/mol. The van der Waals surface area contributed by atoms with E-state index in [-0.39, 0.29) is 28.5 Å². The molecule has 0 aliphatic heterocycles. The Kier molecular flexibility index (Phi) is 5.46. The smallest absolute Gasteiger partial charge is 0.191 e. The number of hydrogen-bond acceptors (Lipinski definition) is 7. The Hall–Kier alpha value is -3.68. The third kappa shape index (κ3) is 3.79. The van der Waals surface area contributed by atoms with E-state index in [0.717, 1.165) is 11.8 Å². The number of nitrogens with zero attached hydrogens (tertiary/aromatic N) is 4. The maximum atomic E-state index is 12.3. The average molecular weight is 371 g/mol. The zero-order valence-corrected chi connectivity index (χ0v) is 14.9. The molecule has 0 aliphatic rings. The molecule has 0 saturated heterocycles. The maximum absolute atomic E-state index is 12.3. The molecule has 0 radical (unpaired) electrons. The van der Waals surface area contributed by atoms with Gasteiger partial charge in [0.15, 0.2) is 5.78 Å². The molecular weight excluding hydrogens is 358 g/mol. The fourth-order valence-electron chi connectivity index (χ4n) is 2.53. The van der Waals surface area contributed by atoms with E-state index in [1.54, 1.807) is 36.5 Å². The molecule has 0 spiro atoms. The van der Waals surface area contributed by atoms with Crippen molar-refractivity contribution >= 4 is 23.4 Å². The second kappa shape index (κ2) is 8.13. The van der Waals surface area contributed by atoms with Crippen molar-refractivity contribution in [3.05, 3.63) is 71.5 Å². The third-order valence-electron chi connectivity index (χ3n) is 3.77. The number of anilines is 1. The number of nitriles is 2. The fourth-order valence-corrected chi connectivity index (χ4v) is 3.40. The largest absolute Gasteiger partial charge is 0.383 e. The Morgan fingerprint density at radius 1 is 1.04 bits per heavy atom. The highest BCUT2D eigenvalue weighted by Crippen LogP contribution is 2.35. The molecule has 130 valence electrons. The number of hydrogen-bond donors (Lipinski definition) is 1. The van der Waals surface area contributed by atoms with Gasteiger partial charge in [0.25, 0.3) is 0 Å². The van der Waals surface area contributed by atoms with Gasteiger partial charge in [0.1, 0.15) is 34.2 Å². The van der Waals surface area contributed by atoms with Crippen molar-refractivity contribution in [1.82, 2.24) is 9.97 Å². The molecule has 3 rings (SSSR count). The molecule has 0 saturated carbocycles. The second-order valence-electron chi connectivity index (χ2n) is 5.44. The predicted molar refractivity (Wildman–Crippen MR) is 103 cm³/mol. The third-order valence-corrected chi connectivity index (χ3v) is 4.74. The number of Topliss-reactive ketones (excluding diaryl/α,β-unsaturated/α-hetero) is 1. The molecule has 6 nitrogen and oxygen atoms in total. The van der Waals surface area contributed by atoms with E-state index in [1.165, 1.54) is 0 Å². The minimum atomic E-state index is -0.185. The van der Waals surface area contributed by atoms with Crippen molar-refractivity contribution in [1.29, 1.82) is 10.5 Å². The number of rotatable bonds is 5. The molecular formula is C20H13N5OS. The number of pyridine rings is 2. The number of nitrogens with two attached hydrogens (primary N) is 1. The van der Waals surface area contributed by atoms with Gasteiger partial charge in [-0.1, -0.05) is 48.2 Å². The van der Waals surface area contributed by atoms with E-state index < -0.39 is 0 Å². The topological polar surface area (TPSA) is 116 Å². The highest BCUT2D eigenvalue weighted by molar-refractivity contribution is 8.00. The van der Waals surface area contributed by atoms with Gasteiger partial charge in [-0.15, -0.1) is 0 Å². The standard InChI is InChI=1S/C20H13N5OS/c21-10-14-18(13-6-2-1-3-7-13)15(11-22)20(25-19(14)23)27-12-17(26)16-8-4-5-9-24-16/h1-9H,12H2,(H2,23,25). The molecule has 2 N–H and O–H groups in total. The van der Waals surface area contributed by atoms with Crippen LogP contribution in [0, 0.1) is 22.7 Å². The number of benzene rings is 1. The van der Waals surface area contributed by atoms with Crippen LogP contribution in [0.5, 0.6) is 0 Å². The Labute approximate surface area is 160 Å². The molecule has 27 heavy (non-hydrogen) atoms. The number of nitrogen functional groups attached to an aromatic ring is 1. The van der Waals surface area contributed by atoms with Crippen molar-refractivity contribution in [3.63, 3.8) is 0 Å². The minimum absolute atomic E-state index is 0.0307. The van der Waals surface area contributed by atoms with Crippen LogP contribution >= 0.6 is 11.8 Å². The summed E-state index contributed by atoms with van der Waals surface area (Å²) < 4.78 is 0. The quantitative estimate of drug-likeness (QED) is 0.539. The van der Waals surface area contributed by atoms with Crippen molar-refractivity contribution in [2.45, 2.75) is 5.03 Å². The first kappa shape index (κ1) is 18.1. The minimum Gasteiger partial charge on any atom is -0.383 e. The van der Waals surface area contributed by atoms with Crippen LogP contribution in [0.3, 0.4) is 0 Å². The first-order chi connectivity index (χ1) is 13.2. The normalized spacial score (nSPS) is 10.0. The van der Waals surface area contributed by atoms with Gasteiger partial charge in [-0.3, -0.25) is 9.78 Å². The van der Waals surface area contributed by atoms with Gasteiger partial charge in [0.05, 0.1) is 11.3 Å². The number of thioether (sulfide) groups is 1. The van der Waals surface area contributed by atoms with E-state index in [9.17, 15) is 15.3 Å². The van der Waals surface area contributed by atoms with Gasteiger partial charge in [0, 0.05) is 11.8 Å². The first-order valence-corrected chi connectivity index (χ1v) is 8.90. The van der Waals surface area contributed by atoms with Gasteiger partial charge in [-0.2, -0.15) is 10.5 Å². The Balaban J connectivity index is 2.02.